The molecule has 0 aliphatic carbocycles. The van der Waals surface area contributed by atoms with E-state index in [1.165, 1.54) is 0 Å². The average Bonchev–Trinajstić information content (AvgIpc) is 3.03. The van der Waals surface area contributed by atoms with Crippen molar-refractivity contribution in [1.29, 1.82) is 0 Å². The van der Waals surface area contributed by atoms with Crippen molar-refractivity contribution >= 4 is 41.3 Å². The number of nitrogens with one attached hydrogen (secondary N) is 2. The molecule has 0 aromatic carbocycles. The van der Waals surface area contributed by atoms with Crippen LogP contribution in [0.1, 0.15) is 16.4 Å². The van der Waals surface area contributed by atoms with Crippen LogP contribution in [0.25, 0.3) is 0 Å². The molecule has 0 unspecified atom stereocenters. The molecule has 0 amide bonds. The maximum absolute atomic E-state index is 12.5. The molecule has 2 N–H and O–H groups in total. The highest BCUT2D eigenvalue weighted by atomic mass is 127. The van der Waals surface area contributed by atoms with Gasteiger partial charge < -0.3 is 10.6 Å². The first-order valence-corrected chi connectivity index (χ1v) is 8.23. The summed E-state index contributed by atoms with van der Waals surface area (Å²) in [5, 5.41) is 7.67. The number of rotatable bonds is 6. The molecule has 10 heteroatoms. The van der Waals surface area contributed by atoms with E-state index < -0.39 is 11.9 Å². The molecule has 0 spiro atoms. The van der Waals surface area contributed by atoms with Gasteiger partial charge in [-0.15, -0.1) is 35.3 Å². The predicted molar refractivity (Wildman–Crippen MR) is 104 cm³/mol. The Kier molecular flexibility index (Phi) is 9.11. The van der Waals surface area contributed by atoms with Gasteiger partial charge in [0.05, 0.1) is 5.01 Å². The van der Waals surface area contributed by atoms with Crippen molar-refractivity contribution in [2.45, 2.75) is 19.0 Å². The molecule has 2 heterocycles. The summed E-state index contributed by atoms with van der Waals surface area (Å²) in [6.45, 7) is 1.11. The fraction of sp³-hybridized carbons (Fsp3) is 0.400. The average molecular weight is 485 g/mol. The molecule has 0 atom stereocenters. The van der Waals surface area contributed by atoms with E-state index in [1.54, 1.807) is 13.2 Å². The van der Waals surface area contributed by atoms with E-state index in [2.05, 4.69) is 25.6 Å². The van der Waals surface area contributed by atoms with Crippen LogP contribution < -0.4 is 10.6 Å². The molecule has 138 valence electrons. The standard InChI is InChI=1S/C15H18F3N5S.HI/c1-19-14(21-8-5-11-4-2-3-7-20-11)22-9-6-13-23-12(10-24-13)15(16,17)18;/h2-4,7,10H,5-6,8-9H2,1H3,(H2,19,21,22);1H. The number of halogens is 4. The summed E-state index contributed by atoms with van der Waals surface area (Å²) in [7, 11) is 1.64. The van der Waals surface area contributed by atoms with Crippen molar-refractivity contribution in [2.75, 3.05) is 20.1 Å². The van der Waals surface area contributed by atoms with Gasteiger partial charge in [0.25, 0.3) is 0 Å². The van der Waals surface area contributed by atoms with Gasteiger partial charge in [-0.3, -0.25) is 9.98 Å². The molecular weight excluding hydrogens is 466 g/mol. The van der Waals surface area contributed by atoms with Crippen LogP contribution in [0, 0.1) is 0 Å². The second kappa shape index (κ2) is 10.5. The van der Waals surface area contributed by atoms with Gasteiger partial charge in [-0.1, -0.05) is 6.07 Å². The number of pyridine rings is 1. The zero-order valence-corrected chi connectivity index (χ0v) is 16.7. The SMILES string of the molecule is CN=C(NCCc1ccccn1)NCCc1nc(C(F)(F)F)cs1.I. The molecule has 2 aromatic heterocycles. The second-order valence-electron chi connectivity index (χ2n) is 4.87. The summed E-state index contributed by atoms with van der Waals surface area (Å²) in [5.41, 5.74) is 0.142. The number of guanidine groups is 1. The monoisotopic (exact) mass is 485 g/mol. The van der Waals surface area contributed by atoms with Gasteiger partial charge in [-0.25, -0.2) is 4.98 Å². The van der Waals surface area contributed by atoms with Crippen molar-refractivity contribution in [2.24, 2.45) is 4.99 Å². The fourth-order valence-corrected chi connectivity index (χ4v) is 2.72. The number of alkyl halides is 3. The number of nitrogens with zero attached hydrogens (tertiary/aromatic N) is 3. The normalized spacial score (nSPS) is 11.8. The Bertz CT molecular complexity index is 661. The highest BCUT2D eigenvalue weighted by Gasteiger charge is 2.33. The van der Waals surface area contributed by atoms with Crippen molar-refractivity contribution < 1.29 is 13.2 Å². The van der Waals surface area contributed by atoms with Crippen LogP contribution in [0.3, 0.4) is 0 Å². The molecular formula is C15H19F3IN5S. The third-order valence-electron chi connectivity index (χ3n) is 3.10. The molecule has 0 saturated heterocycles. The third-order valence-corrected chi connectivity index (χ3v) is 4.01. The van der Waals surface area contributed by atoms with E-state index in [4.69, 9.17) is 0 Å². The number of aliphatic imine (C=N–C) groups is 1. The maximum atomic E-state index is 12.5. The first-order valence-electron chi connectivity index (χ1n) is 7.35. The Morgan fingerprint density at radius 3 is 2.48 bits per heavy atom. The molecule has 2 rings (SSSR count). The van der Waals surface area contributed by atoms with E-state index in [0.717, 1.165) is 28.8 Å². The van der Waals surface area contributed by atoms with Crippen molar-refractivity contribution in [1.82, 2.24) is 20.6 Å². The first-order chi connectivity index (χ1) is 11.5. The van der Waals surface area contributed by atoms with Crippen molar-refractivity contribution in [3.63, 3.8) is 0 Å². The minimum absolute atomic E-state index is 0. The van der Waals surface area contributed by atoms with E-state index >= 15 is 0 Å². The lowest BCUT2D eigenvalue weighted by atomic mass is 10.3. The van der Waals surface area contributed by atoms with Crippen LogP contribution in [-0.4, -0.2) is 36.1 Å². The van der Waals surface area contributed by atoms with Gasteiger partial charge in [-0.05, 0) is 12.1 Å². The minimum Gasteiger partial charge on any atom is -0.356 e. The van der Waals surface area contributed by atoms with Gasteiger partial charge in [0.1, 0.15) is 0 Å². The van der Waals surface area contributed by atoms with Crippen LogP contribution in [0.4, 0.5) is 13.2 Å². The Labute approximate surface area is 165 Å². The van der Waals surface area contributed by atoms with Gasteiger partial charge in [0.2, 0.25) is 0 Å². The smallest absolute Gasteiger partial charge is 0.356 e. The summed E-state index contributed by atoms with van der Waals surface area (Å²) in [6, 6.07) is 5.73. The quantitative estimate of drug-likeness (QED) is 0.375. The Morgan fingerprint density at radius 1 is 1.20 bits per heavy atom. The second-order valence-corrected chi connectivity index (χ2v) is 5.81. The van der Waals surface area contributed by atoms with Gasteiger partial charge in [0, 0.05) is 50.2 Å². The zero-order chi connectivity index (χ0) is 17.4. The van der Waals surface area contributed by atoms with Crippen LogP contribution in [-0.2, 0) is 19.0 Å². The fourth-order valence-electron chi connectivity index (χ4n) is 1.92. The lowest BCUT2D eigenvalue weighted by Crippen LogP contribution is -2.39. The highest BCUT2D eigenvalue weighted by molar-refractivity contribution is 14.0. The van der Waals surface area contributed by atoms with Gasteiger partial charge in [-0.2, -0.15) is 13.2 Å². The topological polar surface area (TPSA) is 62.2 Å². The summed E-state index contributed by atoms with van der Waals surface area (Å²) >= 11 is 1.01. The number of hydrogen-bond donors (Lipinski definition) is 2. The lowest BCUT2D eigenvalue weighted by molar-refractivity contribution is -0.140. The third kappa shape index (κ3) is 7.55. The van der Waals surface area contributed by atoms with Crippen molar-refractivity contribution in [3.8, 4) is 0 Å². The lowest BCUT2D eigenvalue weighted by Gasteiger charge is -2.11. The molecule has 0 radical (unpaired) electrons. The summed E-state index contributed by atoms with van der Waals surface area (Å²) in [4.78, 5) is 11.9. The molecule has 0 bridgehead atoms. The van der Waals surface area contributed by atoms with E-state index in [-0.39, 0.29) is 24.0 Å². The largest absolute Gasteiger partial charge is 0.434 e. The van der Waals surface area contributed by atoms with Crippen LogP contribution in [0.15, 0.2) is 34.8 Å². The van der Waals surface area contributed by atoms with Gasteiger partial charge in [0.15, 0.2) is 11.7 Å². The van der Waals surface area contributed by atoms with Crippen LogP contribution in [0.5, 0.6) is 0 Å². The number of thiazole rings is 1. The Hall–Kier alpha value is -1.43. The molecule has 2 aromatic rings. The number of aromatic nitrogens is 2. The zero-order valence-electron chi connectivity index (χ0n) is 13.5. The van der Waals surface area contributed by atoms with E-state index in [1.807, 2.05) is 18.2 Å². The number of hydrogen-bond acceptors (Lipinski definition) is 4. The predicted octanol–water partition coefficient (Wildman–Crippen LogP) is 3.13. The summed E-state index contributed by atoms with van der Waals surface area (Å²) in [6.07, 6.45) is -1.48. The van der Waals surface area contributed by atoms with Gasteiger partial charge >= 0.3 is 6.18 Å². The summed E-state index contributed by atoms with van der Waals surface area (Å²) < 4.78 is 37.4. The van der Waals surface area contributed by atoms with E-state index in [9.17, 15) is 13.2 Å². The highest BCUT2D eigenvalue weighted by Crippen LogP contribution is 2.29. The molecule has 5 nitrogen and oxygen atoms in total. The maximum Gasteiger partial charge on any atom is 0.434 e. The van der Waals surface area contributed by atoms with E-state index in [0.29, 0.717) is 30.5 Å². The van der Waals surface area contributed by atoms with Crippen LogP contribution >= 0.6 is 35.3 Å². The molecule has 0 saturated carbocycles. The Balaban J connectivity index is 0.00000312. The Morgan fingerprint density at radius 2 is 1.92 bits per heavy atom. The molecule has 25 heavy (non-hydrogen) atoms. The molecule has 0 aliphatic rings. The molecule has 0 fully saturated rings. The van der Waals surface area contributed by atoms with Crippen molar-refractivity contribution in [3.05, 3.63) is 46.2 Å². The minimum atomic E-state index is -4.38. The molecule has 0 aliphatic heterocycles. The summed E-state index contributed by atoms with van der Waals surface area (Å²) in [5.74, 6) is 0.596. The van der Waals surface area contributed by atoms with Crippen LogP contribution in [0.2, 0.25) is 0 Å². The first kappa shape index (κ1) is 21.6.